The van der Waals surface area contributed by atoms with Gasteiger partial charge in [-0.3, -0.25) is 9.89 Å². The first kappa shape index (κ1) is 17.2. The molecular formula is C18H17FN4OS2. The predicted molar refractivity (Wildman–Crippen MR) is 103 cm³/mol. The number of amides is 1. The largest absolute Gasteiger partial charge is 0.336 e. The van der Waals surface area contributed by atoms with Crippen LogP contribution in [0.1, 0.15) is 16.2 Å². The molecule has 1 N–H and O–H groups in total. The van der Waals surface area contributed by atoms with E-state index in [9.17, 15) is 9.18 Å². The maximum atomic E-state index is 13.1. The molecule has 0 saturated carbocycles. The zero-order valence-corrected chi connectivity index (χ0v) is 15.8. The van der Waals surface area contributed by atoms with Gasteiger partial charge in [-0.15, -0.1) is 11.3 Å². The average Bonchev–Trinajstić information content (AvgIpc) is 3.29. The predicted octanol–water partition coefficient (Wildman–Crippen LogP) is 3.84. The van der Waals surface area contributed by atoms with Crippen LogP contribution in [0.2, 0.25) is 0 Å². The lowest BCUT2D eigenvalue weighted by molar-refractivity contribution is 0.0766. The summed E-state index contributed by atoms with van der Waals surface area (Å²) in [4.78, 5) is 19.9. The Morgan fingerprint density at radius 2 is 1.96 bits per heavy atom. The Balaban J connectivity index is 1.59. The molecule has 1 aliphatic rings. The third-order valence-corrected chi connectivity index (χ3v) is 6.41. The third-order valence-electron chi connectivity index (χ3n) is 4.23. The van der Waals surface area contributed by atoms with Crippen LogP contribution >= 0.6 is 23.1 Å². The summed E-state index contributed by atoms with van der Waals surface area (Å²) in [5.41, 5.74) is 2.94. The van der Waals surface area contributed by atoms with Crippen molar-refractivity contribution in [3.63, 3.8) is 0 Å². The molecule has 0 atom stereocenters. The molecule has 26 heavy (non-hydrogen) atoms. The van der Waals surface area contributed by atoms with Crippen LogP contribution in [-0.4, -0.2) is 50.6 Å². The molecule has 3 heterocycles. The van der Waals surface area contributed by atoms with Crippen LogP contribution in [0.3, 0.4) is 0 Å². The zero-order valence-electron chi connectivity index (χ0n) is 14.2. The Bertz CT molecular complexity index is 929. The minimum Gasteiger partial charge on any atom is -0.336 e. The van der Waals surface area contributed by atoms with Gasteiger partial charge in [0.1, 0.15) is 10.8 Å². The van der Waals surface area contributed by atoms with Crippen LogP contribution < -0.4 is 0 Å². The highest BCUT2D eigenvalue weighted by molar-refractivity contribution is 7.99. The molecule has 4 rings (SSSR count). The zero-order chi connectivity index (χ0) is 18.1. The van der Waals surface area contributed by atoms with E-state index in [0.29, 0.717) is 5.69 Å². The summed E-state index contributed by atoms with van der Waals surface area (Å²) in [5.74, 6) is 1.64. The third kappa shape index (κ3) is 3.39. The Kier molecular flexibility index (Phi) is 4.78. The molecule has 0 aliphatic carbocycles. The lowest BCUT2D eigenvalue weighted by atomic mass is 10.2. The van der Waals surface area contributed by atoms with Crippen LogP contribution in [0.15, 0.2) is 30.3 Å². The van der Waals surface area contributed by atoms with Crippen molar-refractivity contribution in [1.82, 2.24) is 20.1 Å². The molecule has 1 fully saturated rings. The van der Waals surface area contributed by atoms with Crippen LogP contribution in [-0.2, 0) is 0 Å². The number of hydrogen-bond donors (Lipinski definition) is 1. The number of aromatic amines is 1. The topological polar surface area (TPSA) is 61.9 Å². The number of nitrogens with one attached hydrogen (secondary N) is 1. The van der Waals surface area contributed by atoms with E-state index >= 15 is 0 Å². The second-order valence-corrected chi connectivity index (χ2v) is 8.24. The number of benzene rings is 1. The highest BCUT2D eigenvalue weighted by Crippen LogP contribution is 2.34. The van der Waals surface area contributed by atoms with Crippen molar-refractivity contribution < 1.29 is 9.18 Å². The molecule has 134 valence electrons. The van der Waals surface area contributed by atoms with Crippen molar-refractivity contribution in [2.75, 3.05) is 24.6 Å². The first-order valence-electron chi connectivity index (χ1n) is 8.28. The monoisotopic (exact) mass is 388 g/mol. The number of aryl methyl sites for hydroxylation is 1. The fraction of sp³-hybridized carbons (Fsp3) is 0.278. The van der Waals surface area contributed by atoms with Crippen molar-refractivity contribution in [3.8, 4) is 21.1 Å². The minimum absolute atomic E-state index is 0.0336. The van der Waals surface area contributed by atoms with Gasteiger partial charge in [0.2, 0.25) is 0 Å². The van der Waals surface area contributed by atoms with Gasteiger partial charge in [-0.2, -0.15) is 16.9 Å². The quantitative estimate of drug-likeness (QED) is 0.741. The van der Waals surface area contributed by atoms with Crippen molar-refractivity contribution in [1.29, 1.82) is 0 Å². The fourth-order valence-electron chi connectivity index (χ4n) is 2.84. The average molecular weight is 388 g/mol. The Morgan fingerprint density at radius 3 is 2.69 bits per heavy atom. The Morgan fingerprint density at radius 1 is 1.23 bits per heavy atom. The summed E-state index contributed by atoms with van der Waals surface area (Å²) < 4.78 is 13.1. The number of thiazole rings is 1. The van der Waals surface area contributed by atoms with Gasteiger partial charge in [0.15, 0.2) is 5.69 Å². The van der Waals surface area contributed by atoms with E-state index in [0.717, 1.165) is 51.4 Å². The molecule has 1 amide bonds. The number of carbonyl (C=O) groups is 1. The van der Waals surface area contributed by atoms with Crippen LogP contribution in [0.25, 0.3) is 21.1 Å². The number of halogens is 1. The number of carbonyl (C=O) groups excluding carboxylic acids is 1. The first-order chi connectivity index (χ1) is 12.6. The molecule has 0 radical (unpaired) electrons. The van der Waals surface area contributed by atoms with Crippen molar-refractivity contribution in [2.45, 2.75) is 6.92 Å². The van der Waals surface area contributed by atoms with Gasteiger partial charge in [-0.25, -0.2) is 9.37 Å². The molecule has 8 heteroatoms. The highest BCUT2D eigenvalue weighted by atomic mass is 32.2. The number of H-pyrrole nitrogens is 1. The SMILES string of the molecule is Cc1nc(-c2ccc(F)cc2)sc1-c1cc(C(=O)N2CCSCC2)n[nH]1. The molecule has 2 aromatic heterocycles. The highest BCUT2D eigenvalue weighted by Gasteiger charge is 2.22. The molecule has 0 spiro atoms. The van der Waals surface area contributed by atoms with E-state index in [1.807, 2.05) is 23.6 Å². The number of nitrogens with zero attached hydrogens (tertiary/aromatic N) is 3. The van der Waals surface area contributed by atoms with E-state index in [2.05, 4.69) is 15.2 Å². The molecule has 1 aliphatic heterocycles. The summed E-state index contributed by atoms with van der Waals surface area (Å²) >= 11 is 3.36. The van der Waals surface area contributed by atoms with Gasteiger partial charge in [-0.05, 0) is 37.3 Å². The summed E-state index contributed by atoms with van der Waals surface area (Å²) in [6.07, 6.45) is 0. The smallest absolute Gasteiger partial charge is 0.274 e. The molecule has 1 saturated heterocycles. The van der Waals surface area contributed by atoms with E-state index in [4.69, 9.17) is 0 Å². The van der Waals surface area contributed by atoms with E-state index < -0.39 is 0 Å². The molecule has 0 bridgehead atoms. The first-order valence-corrected chi connectivity index (χ1v) is 10.2. The summed E-state index contributed by atoms with van der Waals surface area (Å²) in [5, 5.41) is 7.99. The lowest BCUT2D eigenvalue weighted by Gasteiger charge is -2.25. The molecule has 0 unspecified atom stereocenters. The summed E-state index contributed by atoms with van der Waals surface area (Å²) in [7, 11) is 0. The lowest BCUT2D eigenvalue weighted by Crippen LogP contribution is -2.38. The molecule has 3 aromatic rings. The Hall–Kier alpha value is -2.19. The van der Waals surface area contributed by atoms with Gasteiger partial charge in [0, 0.05) is 30.2 Å². The maximum absolute atomic E-state index is 13.1. The van der Waals surface area contributed by atoms with Gasteiger partial charge in [0.05, 0.1) is 16.3 Å². The summed E-state index contributed by atoms with van der Waals surface area (Å²) in [6, 6.07) is 8.08. The molecular weight excluding hydrogens is 371 g/mol. The summed E-state index contributed by atoms with van der Waals surface area (Å²) in [6.45, 7) is 3.45. The van der Waals surface area contributed by atoms with E-state index in [-0.39, 0.29) is 11.7 Å². The number of hydrogen-bond acceptors (Lipinski definition) is 5. The maximum Gasteiger partial charge on any atom is 0.274 e. The number of aromatic nitrogens is 3. The second-order valence-electron chi connectivity index (χ2n) is 6.01. The van der Waals surface area contributed by atoms with E-state index in [1.54, 1.807) is 18.2 Å². The fourth-order valence-corrected chi connectivity index (χ4v) is 4.78. The standard InChI is InChI=1S/C18H17FN4OS2/c1-11-16(26-17(20-11)12-2-4-13(19)5-3-12)14-10-15(22-21-14)18(24)23-6-8-25-9-7-23/h2-5,10H,6-9H2,1H3,(H,21,22). The number of rotatable bonds is 3. The van der Waals surface area contributed by atoms with Gasteiger partial charge < -0.3 is 4.90 Å². The van der Waals surface area contributed by atoms with Crippen molar-refractivity contribution in [3.05, 3.63) is 47.5 Å². The van der Waals surface area contributed by atoms with E-state index in [1.165, 1.54) is 23.5 Å². The van der Waals surface area contributed by atoms with Crippen molar-refractivity contribution >= 4 is 29.0 Å². The molecule has 5 nitrogen and oxygen atoms in total. The van der Waals surface area contributed by atoms with Gasteiger partial charge >= 0.3 is 0 Å². The van der Waals surface area contributed by atoms with Crippen LogP contribution in [0.5, 0.6) is 0 Å². The normalized spacial score (nSPS) is 14.6. The Labute approximate surface area is 158 Å². The van der Waals surface area contributed by atoms with Crippen LogP contribution in [0.4, 0.5) is 4.39 Å². The van der Waals surface area contributed by atoms with Crippen molar-refractivity contribution in [2.24, 2.45) is 0 Å². The van der Waals surface area contributed by atoms with Gasteiger partial charge in [0.25, 0.3) is 5.91 Å². The minimum atomic E-state index is -0.268. The number of thioether (sulfide) groups is 1. The van der Waals surface area contributed by atoms with Gasteiger partial charge in [-0.1, -0.05) is 0 Å². The van der Waals surface area contributed by atoms with Crippen LogP contribution in [0, 0.1) is 12.7 Å². The second kappa shape index (κ2) is 7.20. The molecule has 1 aromatic carbocycles.